The minimum absolute atomic E-state index is 0. The Morgan fingerprint density at radius 3 is 0.846 bits per heavy atom. The highest BCUT2D eigenvalue weighted by Gasteiger charge is 1.96. The number of quaternary nitrogens is 2. The van der Waals surface area contributed by atoms with Gasteiger partial charge in [-0.3, -0.25) is 0 Å². The lowest BCUT2D eigenvalue weighted by atomic mass is 10.1. The van der Waals surface area contributed by atoms with E-state index in [9.17, 15) is 0 Å². The van der Waals surface area contributed by atoms with Crippen molar-refractivity contribution in [3.05, 3.63) is 0 Å². The van der Waals surface area contributed by atoms with E-state index in [0.29, 0.717) is 0 Å². The maximum absolute atomic E-state index is 3.90. The highest BCUT2D eigenvalue weighted by molar-refractivity contribution is 8.76. The SMILES string of the molecule is [Cl-].[Cl-].[NH3+]CCCCCCCCCCSSCCCCCCCCCC[NH3+]. The standard InChI is InChI=1S/C20H44N2S2.2ClH/c21-17-13-9-5-1-3-7-11-15-19-23-24-20-16-12-8-4-2-6-10-14-18-22;;/h1-22H2;2*1H. The summed E-state index contributed by atoms with van der Waals surface area (Å²) in [6, 6.07) is 0. The van der Waals surface area contributed by atoms with Crippen molar-refractivity contribution < 1.29 is 36.3 Å². The Morgan fingerprint density at radius 2 is 0.577 bits per heavy atom. The molecule has 0 saturated carbocycles. The van der Waals surface area contributed by atoms with E-state index in [-0.39, 0.29) is 24.8 Å². The minimum Gasteiger partial charge on any atom is -1.00 e. The molecule has 0 unspecified atom stereocenters. The Hall–Kier alpha value is 1.20. The third-order valence-corrected chi connectivity index (χ3v) is 7.12. The molecule has 0 amide bonds. The van der Waals surface area contributed by atoms with Crippen molar-refractivity contribution in [2.75, 3.05) is 24.6 Å². The van der Waals surface area contributed by atoms with E-state index in [1.54, 1.807) is 0 Å². The lowest BCUT2D eigenvalue weighted by Crippen LogP contribution is -3.00. The molecule has 0 saturated heterocycles. The lowest BCUT2D eigenvalue weighted by molar-refractivity contribution is -0.368. The van der Waals surface area contributed by atoms with Gasteiger partial charge in [0.2, 0.25) is 0 Å². The van der Waals surface area contributed by atoms with Gasteiger partial charge in [-0.1, -0.05) is 85.8 Å². The number of hydrogen-bond donors (Lipinski definition) is 2. The second-order valence-corrected chi connectivity index (χ2v) is 9.71. The van der Waals surface area contributed by atoms with E-state index in [0.717, 1.165) is 13.1 Å². The number of rotatable bonds is 21. The Labute approximate surface area is 184 Å². The smallest absolute Gasteiger partial charge is 0.0739 e. The fourth-order valence-corrected chi connectivity index (χ4v) is 5.21. The first kappa shape index (κ1) is 31.9. The van der Waals surface area contributed by atoms with Crippen LogP contribution in [0.4, 0.5) is 0 Å². The van der Waals surface area contributed by atoms with Crippen molar-refractivity contribution in [2.45, 2.75) is 103 Å². The third-order valence-electron chi connectivity index (χ3n) is 4.54. The summed E-state index contributed by atoms with van der Waals surface area (Å²) in [5.74, 6) is 2.72. The molecule has 0 aromatic rings. The normalized spacial score (nSPS) is 10.4. The predicted molar refractivity (Wildman–Crippen MR) is 114 cm³/mol. The number of halogens is 2. The topological polar surface area (TPSA) is 55.3 Å². The van der Waals surface area contributed by atoms with Crippen LogP contribution in [0.2, 0.25) is 0 Å². The van der Waals surface area contributed by atoms with E-state index in [1.165, 1.54) is 114 Å². The van der Waals surface area contributed by atoms with Crippen LogP contribution < -0.4 is 36.3 Å². The van der Waals surface area contributed by atoms with Crippen molar-refractivity contribution in [2.24, 2.45) is 0 Å². The van der Waals surface area contributed by atoms with Gasteiger partial charge in [-0.05, 0) is 38.5 Å². The van der Waals surface area contributed by atoms with E-state index >= 15 is 0 Å². The molecule has 0 fully saturated rings. The van der Waals surface area contributed by atoms with Crippen molar-refractivity contribution in [1.82, 2.24) is 0 Å². The van der Waals surface area contributed by atoms with E-state index in [2.05, 4.69) is 33.1 Å². The molecule has 0 aromatic carbocycles. The highest BCUT2D eigenvalue weighted by atomic mass is 35.5. The van der Waals surface area contributed by atoms with Crippen LogP contribution in [0.3, 0.4) is 0 Å². The second-order valence-electron chi connectivity index (χ2n) is 7.01. The molecular formula is C20H46Cl2N2S2. The summed E-state index contributed by atoms with van der Waals surface area (Å²) in [5.41, 5.74) is 7.80. The van der Waals surface area contributed by atoms with Gasteiger partial charge in [-0.15, -0.1) is 0 Å². The predicted octanol–water partition coefficient (Wildman–Crippen LogP) is -0.899. The van der Waals surface area contributed by atoms with Crippen LogP contribution in [0, 0.1) is 0 Å². The van der Waals surface area contributed by atoms with Crippen molar-refractivity contribution in [1.29, 1.82) is 0 Å². The van der Waals surface area contributed by atoms with Crippen LogP contribution in [0.15, 0.2) is 0 Å². The Morgan fingerprint density at radius 1 is 0.346 bits per heavy atom. The summed E-state index contributed by atoms with van der Waals surface area (Å²) >= 11 is 0. The van der Waals surface area contributed by atoms with Crippen LogP contribution in [0.1, 0.15) is 103 Å². The summed E-state index contributed by atoms with van der Waals surface area (Å²) < 4.78 is 0. The average molecular weight is 450 g/mol. The first-order chi connectivity index (χ1) is 11.9. The van der Waals surface area contributed by atoms with Gasteiger partial charge in [0.1, 0.15) is 0 Å². The summed E-state index contributed by atoms with van der Waals surface area (Å²) in [7, 11) is 4.22. The summed E-state index contributed by atoms with van der Waals surface area (Å²) in [4.78, 5) is 0. The molecule has 6 N–H and O–H groups in total. The van der Waals surface area contributed by atoms with E-state index in [4.69, 9.17) is 0 Å². The average Bonchev–Trinajstić information content (AvgIpc) is 2.60. The van der Waals surface area contributed by atoms with Crippen molar-refractivity contribution in [3.63, 3.8) is 0 Å². The first-order valence-electron chi connectivity index (χ1n) is 10.7. The molecule has 0 aromatic heterocycles. The van der Waals surface area contributed by atoms with Gasteiger partial charge in [-0.2, -0.15) is 0 Å². The molecule has 0 atom stereocenters. The second kappa shape index (κ2) is 30.9. The molecule has 0 heterocycles. The maximum atomic E-state index is 3.90. The van der Waals surface area contributed by atoms with E-state index < -0.39 is 0 Å². The van der Waals surface area contributed by atoms with Crippen LogP contribution in [-0.2, 0) is 0 Å². The van der Waals surface area contributed by atoms with Gasteiger partial charge in [0, 0.05) is 11.5 Å². The van der Waals surface area contributed by atoms with Crippen LogP contribution in [-0.4, -0.2) is 24.6 Å². The van der Waals surface area contributed by atoms with Crippen LogP contribution in [0.25, 0.3) is 0 Å². The highest BCUT2D eigenvalue weighted by Crippen LogP contribution is 2.24. The molecule has 0 aliphatic rings. The van der Waals surface area contributed by atoms with Gasteiger partial charge in [0.25, 0.3) is 0 Å². The monoisotopic (exact) mass is 448 g/mol. The fraction of sp³-hybridized carbons (Fsp3) is 1.00. The zero-order valence-corrected chi connectivity index (χ0v) is 20.3. The first-order valence-corrected chi connectivity index (χ1v) is 13.2. The number of hydrogen-bond acceptors (Lipinski definition) is 2. The largest absolute Gasteiger partial charge is 1.00 e. The zero-order valence-electron chi connectivity index (χ0n) is 17.1. The summed E-state index contributed by atoms with van der Waals surface area (Å²) in [5, 5.41) is 0. The quantitative estimate of drug-likeness (QED) is 0.176. The third kappa shape index (κ3) is 29.9. The molecule has 0 rings (SSSR count). The molecule has 0 bridgehead atoms. The Bertz CT molecular complexity index is 204. The maximum Gasteiger partial charge on any atom is 0.0739 e. The van der Waals surface area contributed by atoms with E-state index in [1.807, 2.05) is 0 Å². The zero-order chi connectivity index (χ0) is 17.6. The summed E-state index contributed by atoms with van der Waals surface area (Å²) in [6.45, 7) is 2.23. The Balaban J connectivity index is -0.00000264. The molecule has 0 spiro atoms. The minimum atomic E-state index is 0. The van der Waals surface area contributed by atoms with Gasteiger partial charge >= 0.3 is 0 Å². The van der Waals surface area contributed by atoms with Gasteiger partial charge < -0.3 is 36.3 Å². The van der Waals surface area contributed by atoms with Crippen molar-refractivity contribution in [3.8, 4) is 0 Å². The van der Waals surface area contributed by atoms with Gasteiger partial charge in [0.15, 0.2) is 0 Å². The van der Waals surface area contributed by atoms with Gasteiger partial charge in [-0.25, -0.2) is 0 Å². The molecule has 0 aliphatic heterocycles. The van der Waals surface area contributed by atoms with Crippen LogP contribution in [0.5, 0.6) is 0 Å². The van der Waals surface area contributed by atoms with Crippen LogP contribution >= 0.6 is 21.6 Å². The lowest BCUT2D eigenvalue weighted by Gasteiger charge is -2.03. The Kier molecular flexibility index (Phi) is 37.9. The van der Waals surface area contributed by atoms with Crippen molar-refractivity contribution >= 4 is 21.6 Å². The molecule has 26 heavy (non-hydrogen) atoms. The molecular weight excluding hydrogens is 403 g/mol. The summed E-state index contributed by atoms with van der Waals surface area (Å²) in [6.07, 6.45) is 22.7. The molecule has 0 aliphatic carbocycles. The fourth-order valence-electron chi connectivity index (χ4n) is 2.91. The molecule has 0 radical (unpaired) electrons. The molecule has 2 nitrogen and oxygen atoms in total. The number of unbranched alkanes of at least 4 members (excludes halogenated alkanes) is 14. The molecule has 6 heteroatoms. The van der Waals surface area contributed by atoms with Gasteiger partial charge in [0.05, 0.1) is 13.1 Å². The molecule has 162 valence electrons.